The molecule has 0 atom stereocenters. The van der Waals surface area contributed by atoms with Crippen LogP contribution in [0.25, 0.3) is 33.5 Å². The fraction of sp³-hybridized carbons (Fsp3) is 0.158. The number of carbonyl (C=O) groups is 1. The molecule has 0 fully saturated rings. The van der Waals surface area contributed by atoms with Gasteiger partial charge in [-0.05, 0) is 24.6 Å². The molecule has 0 bridgehead atoms. The summed E-state index contributed by atoms with van der Waals surface area (Å²) in [6.07, 6.45) is 4.29. The second-order valence-corrected chi connectivity index (χ2v) is 6.07. The van der Waals surface area contributed by atoms with Crippen LogP contribution in [0.15, 0.2) is 36.9 Å². The first-order valence-corrected chi connectivity index (χ1v) is 8.64. The van der Waals surface area contributed by atoms with Gasteiger partial charge in [0.05, 0.1) is 25.8 Å². The summed E-state index contributed by atoms with van der Waals surface area (Å²) in [5, 5.41) is 17.2. The molecule has 0 aliphatic heterocycles. The third-order valence-electron chi connectivity index (χ3n) is 4.43. The summed E-state index contributed by atoms with van der Waals surface area (Å²) in [5.41, 5.74) is 2.49. The molecule has 0 unspecified atom stereocenters. The molecule has 0 saturated carbocycles. The van der Waals surface area contributed by atoms with Gasteiger partial charge in [-0.1, -0.05) is 6.07 Å². The molecule has 146 valence electrons. The molecule has 0 aliphatic carbocycles. The fourth-order valence-corrected chi connectivity index (χ4v) is 2.99. The van der Waals surface area contributed by atoms with Gasteiger partial charge in [-0.2, -0.15) is 5.10 Å². The van der Waals surface area contributed by atoms with E-state index in [4.69, 9.17) is 9.84 Å². The summed E-state index contributed by atoms with van der Waals surface area (Å²) in [6.45, 7) is 2.66. The molecule has 3 aromatic heterocycles. The number of halogens is 1. The van der Waals surface area contributed by atoms with Crippen molar-refractivity contribution in [3.8, 4) is 28.3 Å². The number of aromatic carboxylic acids is 1. The average Bonchev–Trinajstić information content (AvgIpc) is 3.17. The molecule has 29 heavy (non-hydrogen) atoms. The summed E-state index contributed by atoms with van der Waals surface area (Å²) >= 11 is 0. The molecule has 0 spiro atoms. The van der Waals surface area contributed by atoms with Crippen molar-refractivity contribution < 1.29 is 19.0 Å². The van der Waals surface area contributed by atoms with Crippen molar-refractivity contribution >= 4 is 17.1 Å². The molecule has 0 saturated heterocycles. The van der Waals surface area contributed by atoms with Crippen molar-refractivity contribution in [3.05, 3.63) is 48.4 Å². The van der Waals surface area contributed by atoms with Crippen molar-refractivity contribution in [2.24, 2.45) is 0 Å². The number of carboxylic acids is 1. The zero-order valence-corrected chi connectivity index (χ0v) is 15.5. The highest BCUT2D eigenvalue weighted by Gasteiger charge is 2.19. The van der Waals surface area contributed by atoms with Gasteiger partial charge in [-0.15, -0.1) is 5.10 Å². The summed E-state index contributed by atoms with van der Waals surface area (Å²) in [7, 11) is 1.31. The van der Waals surface area contributed by atoms with Gasteiger partial charge in [0.15, 0.2) is 11.3 Å². The second kappa shape index (κ2) is 7.23. The molecule has 9 nitrogen and oxygen atoms in total. The van der Waals surface area contributed by atoms with Crippen LogP contribution >= 0.6 is 0 Å². The van der Waals surface area contributed by atoms with Crippen LogP contribution in [-0.4, -0.2) is 47.9 Å². The number of rotatable bonds is 5. The van der Waals surface area contributed by atoms with Crippen molar-refractivity contribution in [3.63, 3.8) is 0 Å². The van der Waals surface area contributed by atoms with Gasteiger partial charge in [0.25, 0.3) is 0 Å². The van der Waals surface area contributed by atoms with Crippen molar-refractivity contribution in [1.29, 1.82) is 0 Å². The zero-order chi connectivity index (χ0) is 20.5. The first-order valence-electron chi connectivity index (χ1n) is 8.64. The van der Waals surface area contributed by atoms with Gasteiger partial charge in [0.2, 0.25) is 5.88 Å². The highest BCUT2D eigenvalue weighted by Crippen LogP contribution is 2.33. The van der Waals surface area contributed by atoms with Crippen LogP contribution in [0, 0.1) is 5.82 Å². The summed E-state index contributed by atoms with van der Waals surface area (Å²) in [6, 6.07) is 4.47. The van der Waals surface area contributed by atoms with E-state index in [0.29, 0.717) is 28.8 Å². The normalized spacial score (nSPS) is 11.0. The van der Waals surface area contributed by atoms with E-state index in [1.165, 1.54) is 13.2 Å². The number of carboxylic acid groups (broad SMARTS) is 1. The Bertz CT molecular complexity index is 1240. The van der Waals surface area contributed by atoms with Crippen molar-refractivity contribution in [1.82, 2.24) is 29.7 Å². The lowest BCUT2D eigenvalue weighted by Gasteiger charge is -2.10. The van der Waals surface area contributed by atoms with Gasteiger partial charge >= 0.3 is 5.97 Å². The summed E-state index contributed by atoms with van der Waals surface area (Å²) < 4.78 is 21.6. The average molecular weight is 394 g/mol. The Balaban J connectivity index is 1.89. The van der Waals surface area contributed by atoms with Gasteiger partial charge in [0.1, 0.15) is 17.0 Å². The Morgan fingerprint density at radius 1 is 1.24 bits per heavy atom. The lowest BCUT2D eigenvalue weighted by Crippen LogP contribution is -2.05. The number of hydrogen-bond acceptors (Lipinski definition) is 7. The maximum absolute atomic E-state index is 14.6. The SMILES string of the molecule is CCn1cnc2c(-c3ccc(F)c(-c4ncc(C(=O)O)nc4OC)c3)cnnc21. The Labute approximate surface area is 163 Å². The van der Waals surface area contributed by atoms with E-state index in [2.05, 4.69) is 25.1 Å². The Morgan fingerprint density at radius 2 is 2.07 bits per heavy atom. The monoisotopic (exact) mass is 394 g/mol. The molecule has 0 radical (unpaired) electrons. The number of fused-ring (bicyclic) bond motifs is 1. The molecule has 3 heterocycles. The summed E-state index contributed by atoms with van der Waals surface area (Å²) in [5.74, 6) is -1.90. The predicted octanol–water partition coefficient (Wildman–Crippen LogP) is 2.82. The molecule has 0 amide bonds. The van der Waals surface area contributed by atoms with Crippen molar-refractivity contribution in [2.75, 3.05) is 7.11 Å². The first kappa shape index (κ1) is 18.4. The van der Waals surface area contributed by atoms with Crippen LogP contribution in [0.5, 0.6) is 5.88 Å². The van der Waals surface area contributed by atoms with Crippen LogP contribution in [0.1, 0.15) is 17.4 Å². The number of ether oxygens (including phenoxy) is 1. The van der Waals surface area contributed by atoms with Gasteiger partial charge in [0, 0.05) is 17.7 Å². The lowest BCUT2D eigenvalue weighted by molar-refractivity contribution is 0.0689. The van der Waals surface area contributed by atoms with E-state index in [1.54, 1.807) is 24.7 Å². The zero-order valence-electron chi connectivity index (χ0n) is 15.5. The second-order valence-electron chi connectivity index (χ2n) is 6.07. The highest BCUT2D eigenvalue weighted by molar-refractivity contribution is 5.90. The van der Waals surface area contributed by atoms with Crippen LogP contribution < -0.4 is 4.74 Å². The molecule has 0 aliphatic rings. The van der Waals surface area contributed by atoms with E-state index >= 15 is 0 Å². The first-order chi connectivity index (χ1) is 14.0. The Morgan fingerprint density at radius 3 is 2.79 bits per heavy atom. The maximum atomic E-state index is 14.6. The van der Waals surface area contributed by atoms with Crippen LogP contribution in [0.3, 0.4) is 0 Å². The number of nitrogens with zero attached hydrogens (tertiary/aromatic N) is 6. The standard InChI is InChI=1S/C19H15FN6O3/c1-3-26-9-22-15-12(7-23-25-17(15)26)10-4-5-13(20)11(6-10)16-18(29-2)24-14(8-21-16)19(27)28/h4-9H,3H2,1-2H3,(H,27,28). The van der Waals surface area contributed by atoms with Gasteiger partial charge < -0.3 is 14.4 Å². The van der Waals surface area contributed by atoms with Gasteiger partial charge in [-0.3, -0.25) is 0 Å². The Hall–Kier alpha value is -3.95. The van der Waals surface area contributed by atoms with E-state index in [0.717, 1.165) is 6.20 Å². The number of methoxy groups -OCH3 is 1. The predicted molar refractivity (Wildman–Crippen MR) is 101 cm³/mol. The summed E-state index contributed by atoms with van der Waals surface area (Å²) in [4.78, 5) is 23.5. The molecule has 10 heteroatoms. The van der Waals surface area contributed by atoms with E-state index in [9.17, 15) is 9.18 Å². The van der Waals surface area contributed by atoms with Gasteiger partial charge in [-0.25, -0.2) is 24.1 Å². The molecule has 4 rings (SSSR count). The topological polar surface area (TPSA) is 116 Å². The van der Waals surface area contributed by atoms with Crippen molar-refractivity contribution in [2.45, 2.75) is 13.5 Å². The molecular formula is C19H15FN6O3. The largest absolute Gasteiger partial charge is 0.479 e. The van der Waals surface area contributed by atoms with Crippen LogP contribution in [-0.2, 0) is 6.54 Å². The third kappa shape index (κ3) is 3.14. The van der Waals surface area contributed by atoms with Crippen LogP contribution in [0.4, 0.5) is 4.39 Å². The number of benzene rings is 1. The van der Waals surface area contributed by atoms with Crippen LogP contribution in [0.2, 0.25) is 0 Å². The third-order valence-corrected chi connectivity index (χ3v) is 4.43. The molecule has 1 N–H and O–H groups in total. The van der Waals surface area contributed by atoms with E-state index < -0.39 is 11.8 Å². The highest BCUT2D eigenvalue weighted by atomic mass is 19.1. The van der Waals surface area contributed by atoms with E-state index in [-0.39, 0.29) is 22.8 Å². The quantitative estimate of drug-likeness (QED) is 0.549. The minimum atomic E-state index is -1.26. The fourth-order valence-electron chi connectivity index (χ4n) is 2.99. The maximum Gasteiger partial charge on any atom is 0.356 e. The lowest BCUT2D eigenvalue weighted by atomic mass is 10.0. The smallest absolute Gasteiger partial charge is 0.356 e. The number of aryl methyl sites for hydroxylation is 1. The molecular weight excluding hydrogens is 379 g/mol. The minimum Gasteiger partial charge on any atom is -0.479 e. The Kier molecular flexibility index (Phi) is 4.59. The number of hydrogen-bond donors (Lipinski definition) is 1. The molecule has 1 aromatic carbocycles. The molecule has 4 aromatic rings. The minimum absolute atomic E-state index is 0.0887. The number of aromatic nitrogens is 6. The van der Waals surface area contributed by atoms with E-state index in [1.807, 2.05) is 11.5 Å². The number of imidazole rings is 1.